The van der Waals surface area contributed by atoms with Crippen LogP contribution in [0.3, 0.4) is 0 Å². The molecule has 0 unspecified atom stereocenters. The molecule has 0 radical (unpaired) electrons. The van der Waals surface area contributed by atoms with Crippen LogP contribution in [0, 0.1) is 23.7 Å². The van der Waals surface area contributed by atoms with Gasteiger partial charge in [-0.15, -0.1) is 6.42 Å². The van der Waals surface area contributed by atoms with Crippen molar-refractivity contribution in [1.82, 2.24) is 18.1 Å². The van der Waals surface area contributed by atoms with Crippen LogP contribution in [0.25, 0.3) is 148 Å². The van der Waals surface area contributed by atoms with Gasteiger partial charge in [0.05, 0.1) is 28.2 Å². The number of nitrogens with zero attached hydrogens (tertiary/aromatic N) is 5. The molecule has 114 heavy (non-hydrogen) atoms. The molecule has 1 aliphatic rings. The van der Waals surface area contributed by atoms with Crippen LogP contribution < -0.4 is 0 Å². The second kappa shape index (κ2) is 28.6. The molecule has 0 fully saturated rings. The monoisotopic (exact) mass is 1490 g/mol. The molecule has 5 nitrogen and oxygen atoms in total. The van der Waals surface area contributed by atoms with Crippen LogP contribution in [0.2, 0.25) is 0 Å². The van der Waals surface area contributed by atoms with E-state index in [0.29, 0.717) is 5.56 Å². The number of benzene rings is 13. The second-order valence-corrected chi connectivity index (χ2v) is 38.4. The van der Waals surface area contributed by atoms with E-state index >= 15 is 0 Å². The third kappa shape index (κ3) is 14.1. The third-order valence-corrected chi connectivity index (χ3v) is 23.0. The Morgan fingerprint density at radius 1 is 0.228 bits per heavy atom. The molecule has 0 N–H and O–H groups in total. The van der Waals surface area contributed by atoms with Gasteiger partial charge in [-0.25, -0.2) is 0 Å². The Labute approximate surface area is 675 Å². The van der Waals surface area contributed by atoms with Gasteiger partial charge in [0.2, 0.25) is 0 Å². The van der Waals surface area contributed by atoms with E-state index in [-0.39, 0.29) is 38.3 Å². The summed E-state index contributed by atoms with van der Waals surface area (Å²) >= 11 is 0. The predicted octanol–water partition coefficient (Wildman–Crippen LogP) is 30.2. The van der Waals surface area contributed by atoms with Crippen molar-refractivity contribution in [2.75, 3.05) is 0 Å². The molecule has 0 aliphatic heterocycles. The number of terminal acetylenes is 1. The molecule has 0 saturated carbocycles. The number of hydrogen-bond acceptors (Lipinski definition) is 1. The summed E-state index contributed by atoms with van der Waals surface area (Å²) in [4.78, 5) is 0. The molecule has 0 atom stereocenters. The maximum absolute atomic E-state index is 9.15. The van der Waals surface area contributed by atoms with E-state index in [9.17, 15) is 0 Å². The number of rotatable bonds is 0. The molecule has 13 aromatic carbocycles. The van der Waals surface area contributed by atoms with Gasteiger partial charge in [-0.3, -0.25) is 0 Å². The lowest BCUT2D eigenvalue weighted by Gasteiger charge is -2.26. The Hall–Kier alpha value is -11.9. The molecule has 5 heteroatoms. The van der Waals surface area contributed by atoms with Crippen LogP contribution in [0.15, 0.2) is 273 Å². The van der Waals surface area contributed by atoms with Gasteiger partial charge in [-0.1, -0.05) is 259 Å². The molecule has 18 aromatic rings. The highest BCUT2D eigenvalue weighted by Gasteiger charge is 2.29. The fourth-order valence-corrected chi connectivity index (χ4v) is 17.4. The van der Waals surface area contributed by atoms with Crippen LogP contribution in [0.1, 0.15) is 179 Å². The molecule has 5 heterocycles. The number of fused-ring (bicyclic) bond motifs is 23. The molecular formula is C109H109N5. The first kappa shape index (κ1) is 77.4. The molecule has 570 valence electrons. The number of hydrogen-bond donors (Lipinski definition) is 0. The normalized spacial score (nSPS) is 12.6. The van der Waals surface area contributed by atoms with Gasteiger partial charge in [0.1, 0.15) is 0 Å². The molecule has 1 aliphatic carbocycles. The standard InChI is InChI=1S/C28H24.C24H33N.C22H19N.C19H16N2.C16H17N/c1-28(2,3)19-16-17-26-24-14-7-6-12-22(24)20-10-4-5-11-21(20)23-13-8-9-15-25(23)27(26)18-19;1-22(2,3)16-10-12-20-18(14-16)19-15-17(23(4,5)6)11-13-21(19)25(20)24(7,8)9;1-22(2,3)14-12-17-15-8-4-6-10-19(15)23-20-11-7-5-9-16(20)18(13-14)21(17)23;1-5-13-6-8-17-15(10-13)16-11-14(12-20)7-9-18(16)21(17)19(2,3)4;1-16(2,3)17-14-10-6-4-8-12(14)13-9-5-7-11-15(13)17/h4-18H,1-3H3;10-15H,1-9H3;4-13H,1-3H3;1,6-11H,2-4H3;4-11H,1-3H3. The first-order valence-corrected chi connectivity index (χ1v) is 40.6. The van der Waals surface area contributed by atoms with Crippen LogP contribution >= 0.6 is 0 Å². The van der Waals surface area contributed by atoms with Crippen LogP contribution in [0.4, 0.5) is 0 Å². The van der Waals surface area contributed by atoms with Gasteiger partial charge >= 0.3 is 0 Å². The van der Waals surface area contributed by atoms with Gasteiger partial charge in [0, 0.05) is 109 Å². The zero-order chi connectivity index (χ0) is 81.1. The Bertz CT molecular complexity index is 6560. The lowest BCUT2D eigenvalue weighted by atomic mass is 9.78. The quantitative estimate of drug-likeness (QED) is 0.140. The van der Waals surface area contributed by atoms with Gasteiger partial charge in [-0.05, 0) is 254 Å². The highest BCUT2D eigenvalue weighted by Crippen LogP contribution is 2.50. The lowest BCUT2D eigenvalue weighted by molar-refractivity contribution is 0.423. The van der Waals surface area contributed by atoms with Crippen LogP contribution in [-0.2, 0) is 38.3 Å². The summed E-state index contributed by atoms with van der Waals surface area (Å²) in [7, 11) is 0. The average molecular weight is 1490 g/mol. The maximum atomic E-state index is 9.15. The number of aromatic nitrogens is 4. The Kier molecular flexibility index (Phi) is 19.5. The fraction of sp³-hybridized carbons (Fsp3) is 0.257. The minimum absolute atomic E-state index is 0.0481. The van der Waals surface area contributed by atoms with E-state index in [1.54, 1.807) is 0 Å². The Morgan fingerprint density at radius 2 is 0.482 bits per heavy atom. The zero-order valence-electron chi connectivity index (χ0n) is 70.8. The van der Waals surface area contributed by atoms with E-state index in [2.05, 4.69) is 418 Å². The number of para-hydroxylation sites is 4. The third-order valence-electron chi connectivity index (χ3n) is 23.0. The van der Waals surface area contributed by atoms with Crippen LogP contribution in [-0.4, -0.2) is 18.1 Å². The first-order chi connectivity index (χ1) is 53.9. The summed E-state index contributed by atoms with van der Waals surface area (Å²) in [5.74, 6) is 2.69. The molecule has 0 amide bonds. The summed E-state index contributed by atoms with van der Waals surface area (Å²) in [6.45, 7) is 47.7. The van der Waals surface area contributed by atoms with Crippen molar-refractivity contribution in [1.29, 1.82) is 5.26 Å². The topological polar surface area (TPSA) is 43.0 Å². The van der Waals surface area contributed by atoms with Gasteiger partial charge in [0.15, 0.2) is 0 Å². The van der Waals surface area contributed by atoms with Crippen molar-refractivity contribution in [2.24, 2.45) is 0 Å². The van der Waals surface area contributed by atoms with E-state index < -0.39 is 0 Å². The minimum atomic E-state index is -0.0498. The predicted molar refractivity (Wildman–Crippen MR) is 494 cm³/mol. The van der Waals surface area contributed by atoms with Crippen LogP contribution in [0.5, 0.6) is 0 Å². The van der Waals surface area contributed by atoms with E-state index in [0.717, 1.165) is 27.4 Å². The second-order valence-electron chi connectivity index (χ2n) is 38.4. The molecule has 19 rings (SSSR count). The number of nitriles is 1. The summed E-state index contributed by atoms with van der Waals surface area (Å²) < 4.78 is 9.66. The van der Waals surface area contributed by atoms with Crippen molar-refractivity contribution >= 4 is 104 Å². The Morgan fingerprint density at radius 3 is 0.825 bits per heavy atom. The molecule has 5 aromatic heterocycles. The molecule has 0 bridgehead atoms. The summed E-state index contributed by atoms with van der Waals surface area (Å²) in [6.07, 6.45) is 5.52. The van der Waals surface area contributed by atoms with E-state index in [1.807, 2.05) is 30.3 Å². The van der Waals surface area contributed by atoms with Crippen molar-refractivity contribution in [3.63, 3.8) is 0 Å². The van der Waals surface area contributed by atoms with Gasteiger partial charge < -0.3 is 18.1 Å². The highest BCUT2D eigenvalue weighted by molar-refractivity contribution is 6.24. The summed E-state index contributed by atoms with van der Waals surface area (Å²) in [5.41, 5.74) is 29.8. The molecule has 0 saturated heterocycles. The largest absolute Gasteiger partial charge is 0.335 e. The van der Waals surface area contributed by atoms with Crippen molar-refractivity contribution in [2.45, 2.75) is 184 Å². The van der Waals surface area contributed by atoms with E-state index in [4.69, 9.17) is 11.7 Å². The SMILES string of the molecule is C#Cc1ccc2c(c1)c1cc(C#N)ccc1n2C(C)(C)C.CC(C)(C)c1cc2c3ccccc3n3c4ccccc4c(c1)c23.CC(C)(C)c1ccc2c(c1)-c1ccccc1-c1ccccc1-c1ccccc1-2.CC(C)(C)c1ccc2c(c1)c1cc(C(C)(C)C)ccc1n2C(C)(C)C.CC(C)(C)n1c2ccccc2c2ccccc21. The van der Waals surface area contributed by atoms with Crippen molar-refractivity contribution in [3.8, 4) is 62.9 Å². The Balaban J connectivity index is 0.000000113. The van der Waals surface area contributed by atoms with Gasteiger partial charge in [-0.2, -0.15) is 5.26 Å². The summed E-state index contributed by atoms with van der Waals surface area (Å²) in [5, 5.41) is 22.2. The van der Waals surface area contributed by atoms with Crippen molar-refractivity contribution < 1.29 is 0 Å². The zero-order valence-corrected chi connectivity index (χ0v) is 70.8. The van der Waals surface area contributed by atoms with Gasteiger partial charge in [0.25, 0.3) is 0 Å². The highest BCUT2D eigenvalue weighted by atomic mass is 15.1. The average Bonchev–Trinajstić information content (AvgIpc) is 1.55. The minimum Gasteiger partial charge on any atom is -0.335 e. The molecule has 0 spiro atoms. The summed E-state index contributed by atoms with van der Waals surface area (Å²) in [6, 6.07) is 101. The fourth-order valence-electron chi connectivity index (χ4n) is 17.4. The lowest BCUT2D eigenvalue weighted by Crippen LogP contribution is -2.21. The van der Waals surface area contributed by atoms with E-state index in [1.165, 1.54) is 148 Å². The maximum Gasteiger partial charge on any atom is 0.0991 e. The van der Waals surface area contributed by atoms with Crippen molar-refractivity contribution in [3.05, 3.63) is 306 Å². The molecular weight excluding hydrogens is 1380 g/mol. The smallest absolute Gasteiger partial charge is 0.0991 e. The first-order valence-electron chi connectivity index (χ1n) is 40.6.